The van der Waals surface area contributed by atoms with Crippen molar-refractivity contribution < 1.29 is 4.79 Å². The van der Waals surface area contributed by atoms with Crippen molar-refractivity contribution in [2.24, 2.45) is 5.92 Å². The molecule has 0 spiro atoms. The van der Waals surface area contributed by atoms with Crippen LogP contribution in [0.5, 0.6) is 0 Å². The van der Waals surface area contributed by atoms with E-state index in [0.717, 1.165) is 23.4 Å². The van der Waals surface area contributed by atoms with Crippen molar-refractivity contribution >= 4 is 17.5 Å². The number of nitrogens with one attached hydrogen (secondary N) is 1. The van der Waals surface area contributed by atoms with Crippen LogP contribution in [0.2, 0.25) is 5.02 Å². The van der Waals surface area contributed by atoms with E-state index >= 15 is 0 Å². The van der Waals surface area contributed by atoms with Crippen LogP contribution in [0.3, 0.4) is 0 Å². The predicted octanol–water partition coefficient (Wildman–Crippen LogP) is 3.74. The number of halogens is 1. The van der Waals surface area contributed by atoms with Crippen LogP contribution >= 0.6 is 11.6 Å². The third-order valence-electron chi connectivity index (χ3n) is 4.96. The van der Waals surface area contributed by atoms with Crippen LogP contribution in [0, 0.1) is 5.92 Å². The first-order valence-corrected chi connectivity index (χ1v) is 8.33. The first-order chi connectivity index (χ1) is 10.1. The van der Waals surface area contributed by atoms with Crippen LogP contribution < -0.4 is 5.32 Å². The highest BCUT2D eigenvalue weighted by Gasteiger charge is 2.44. The number of amides is 1. The molecule has 0 bridgehead atoms. The lowest BCUT2D eigenvalue weighted by atomic mass is 10.0. The Morgan fingerprint density at radius 3 is 2.57 bits per heavy atom. The smallest absolute Gasteiger partial charge is 0.241 e. The highest BCUT2D eigenvalue weighted by Crippen LogP contribution is 2.37. The number of carbonyl (C=O) groups is 1. The first kappa shape index (κ1) is 14.9. The van der Waals surface area contributed by atoms with Crippen molar-refractivity contribution in [3.8, 4) is 0 Å². The summed E-state index contributed by atoms with van der Waals surface area (Å²) >= 11 is 5.99. The Balaban J connectivity index is 1.92. The van der Waals surface area contributed by atoms with E-state index in [4.69, 9.17) is 11.6 Å². The van der Waals surface area contributed by atoms with Gasteiger partial charge in [0.1, 0.15) is 6.17 Å². The molecule has 1 amide bonds. The Bertz CT molecular complexity index is 516. The topological polar surface area (TPSA) is 32.3 Å². The molecule has 2 aliphatic rings. The van der Waals surface area contributed by atoms with Crippen LogP contribution in [0.25, 0.3) is 0 Å². The first-order valence-electron chi connectivity index (χ1n) is 7.95. The molecule has 1 aliphatic carbocycles. The van der Waals surface area contributed by atoms with Crippen LogP contribution in [-0.2, 0) is 4.79 Å². The second kappa shape index (κ2) is 5.98. The molecule has 1 aromatic rings. The van der Waals surface area contributed by atoms with Gasteiger partial charge in [0.05, 0.1) is 6.04 Å². The summed E-state index contributed by atoms with van der Waals surface area (Å²) in [4.78, 5) is 14.9. The Labute approximate surface area is 131 Å². The number of carbonyl (C=O) groups excluding carboxylic acids is 1. The normalized spacial score (nSPS) is 32.9. The van der Waals surface area contributed by atoms with Gasteiger partial charge in [-0.15, -0.1) is 0 Å². The summed E-state index contributed by atoms with van der Waals surface area (Å²) in [5.41, 5.74) is 1.13. The summed E-state index contributed by atoms with van der Waals surface area (Å²) in [6.07, 6.45) is 4.39. The molecule has 1 aromatic carbocycles. The summed E-state index contributed by atoms with van der Waals surface area (Å²) in [5.74, 6) is 0.845. The minimum absolute atomic E-state index is 0.00901. The second-order valence-corrected chi connectivity index (χ2v) is 6.74. The minimum Gasteiger partial charge on any atom is -0.318 e. The molecule has 3 rings (SSSR count). The molecule has 1 saturated heterocycles. The van der Waals surface area contributed by atoms with Gasteiger partial charge in [-0.2, -0.15) is 0 Å². The standard InChI is InChI=1S/C17H23ClN2O/c1-3-14-17(21)20(15-6-4-5-11(15)2)16(19-14)12-7-9-13(18)10-8-12/h7-11,14-16,19H,3-6H2,1-2H3. The van der Waals surface area contributed by atoms with E-state index in [0.29, 0.717) is 12.0 Å². The van der Waals surface area contributed by atoms with Crippen molar-refractivity contribution in [1.29, 1.82) is 0 Å². The molecule has 1 heterocycles. The fourth-order valence-electron chi connectivity index (χ4n) is 3.74. The maximum atomic E-state index is 12.8. The maximum Gasteiger partial charge on any atom is 0.241 e. The third kappa shape index (κ3) is 2.69. The quantitative estimate of drug-likeness (QED) is 0.922. The summed E-state index contributed by atoms with van der Waals surface area (Å²) in [5, 5.41) is 4.24. The van der Waals surface area contributed by atoms with Crippen LogP contribution in [0.1, 0.15) is 51.3 Å². The Kier molecular flexibility index (Phi) is 4.23. The molecule has 0 aromatic heterocycles. The van der Waals surface area contributed by atoms with Gasteiger partial charge in [-0.05, 0) is 42.9 Å². The molecule has 4 unspecified atom stereocenters. The van der Waals surface area contributed by atoms with Gasteiger partial charge in [-0.1, -0.05) is 44.0 Å². The Morgan fingerprint density at radius 1 is 1.29 bits per heavy atom. The monoisotopic (exact) mass is 306 g/mol. The average molecular weight is 307 g/mol. The van der Waals surface area contributed by atoms with Crippen molar-refractivity contribution in [2.45, 2.75) is 57.8 Å². The van der Waals surface area contributed by atoms with Gasteiger partial charge < -0.3 is 4.90 Å². The number of rotatable bonds is 3. The van der Waals surface area contributed by atoms with Crippen LogP contribution in [0.15, 0.2) is 24.3 Å². The SMILES string of the molecule is CCC1NC(c2ccc(Cl)cc2)N(C2CCCC2C)C1=O. The molecule has 4 atom stereocenters. The number of benzene rings is 1. The van der Waals surface area contributed by atoms with Crippen molar-refractivity contribution in [3.05, 3.63) is 34.9 Å². The van der Waals surface area contributed by atoms with Crippen molar-refractivity contribution in [1.82, 2.24) is 10.2 Å². The van der Waals surface area contributed by atoms with Gasteiger partial charge in [0, 0.05) is 11.1 Å². The molecule has 3 nitrogen and oxygen atoms in total. The van der Waals surface area contributed by atoms with E-state index in [1.807, 2.05) is 24.3 Å². The number of nitrogens with zero attached hydrogens (tertiary/aromatic N) is 1. The highest BCUT2D eigenvalue weighted by molar-refractivity contribution is 6.30. The summed E-state index contributed by atoms with van der Waals surface area (Å²) in [6, 6.07) is 8.16. The molecule has 4 heteroatoms. The Morgan fingerprint density at radius 2 is 2.00 bits per heavy atom. The van der Waals surface area contributed by atoms with E-state index in [2.05, 4.69) is 24.1 Å². The number of hydrogen-bond donors (Lipinski definition) is 1. The Hall–Kier alpha value is -1.06. The lowest BCUT2D eigenvalue weighted by Crippen LogP contribution is -2.41. The zero-order valence-electron chi connectivity index (χ0n) is 12.7. The fraction of sp³-hybridized carbons (Fsp3) is 0.588. The summed E-state index contributed by atoms with van der Waals surface area (Å²) in [6.45, 7) is 4.33. The number of hydrogen-bond acceptors (Lipinski definition) is 2. The molecule has 21 heavy (non-hydrogen) atoms. The predicted molar refractivity (Wildman–Crippen MR) is 85.1 cm³/mol. The summed E-state index contributed by atoms with van der Waals surface area (Å²) in [7, 11) is 0. The molecule has 1 saturated carbocycles. The van der Waals surface area contributed by atoms with E-state index in [9.17, 15) is 4.79 Å². The average Bonchev–Trinajstić information content (AvgIpc) is 3.03. The maximum absolute atomic E-state index is 12.8. The minimum atomic E-state index is -0.0570. The van der Waals surface area contributed by atoms with E-state index in [-0.39, 0.29) is 18.1 Å². The van der Waals surface area contributed by atoms with Gasteiger partial charge in [0.25, 0.3) is 0 Å². The van der Waals surface area contributed by atoms with E-state index in [1.54, 1.807) is 0 Å². The van der Waals surface area contributed by atoms with E-state index in [1.165, 1.54) is 12.8 Å². The van der Waals surface area contributed by atoms with Crippen molar-refractivity contribution in [2.75, 3.05) is 0 Å². The fourth-order valence-corrected chi connectivity index (χ4v) is 3.86. The molecular weight excluding hydrogens is 284 g/mol. The zero-order chi connectivity index (χ0) is 15.0. The molecule has 1 aliphatic heterocycles. The van der Waals surface area contributed by atoms with Gasteiger partial charge in [-0.3, -0.25) is 10.1 Å². The highest BCUT2D eigenvalue weighted by atomic mass is 35.5. The van der Waals surface area contributed by atoms with Gasteiger partial charge in [0.15, 0.2) is 0 Å². The van der Waals surface area contributed by atoms with Crippen molar-refractivity contribution in [3.63, 3.8) is 0 Å². The summed E-state index contributed by atoms with van der Waals surface area (Å²) < 4.78 is 0. The molecule has 114 valence electrons. The van der Waals surface area contributed by atoms with Crippen LogP contribution in [-0.4, -0.2) is 22.9 Å². The van der Waals surface area contributed by atoms with Crippen LogP contribution in [0.4, 0.5) is 0 Å². The lowest BCUT2D eigenvalue weighted by molar-refractivity contribution is -0.133. The zero-order valence-corrected chi connectivity index (χ0v) is 13.4. The molecular formula is C17H23ClN2O. The van der Waals surface area contributed by atoms with Gasteiger partial charge >= 0.3 is 0 Å². The van der Waals surface area contributed by atoms with E-state index < -0.39 is 0 Å². The van der Waals surface area contributed by atoms with Gasteiger partial charge in [-0.25, -0.2) is 0 Å². The molecule has 2 fully saturated rings. The third-order valence-corrected chi connectivity index (χ3v) is 5.21. The molecule has 0 radical (unpaired) electrons. The molecule has 1 N–H and O–H groups in total. The largest absolute Gasteiger partial charge is 0.318 e. The van der Waals surface area contributed by atoms with Gasteiger partial charge in [0.2, 0.25) is 5.91 Å². The lowest BCUT2D eigenvalue weighted by Gasteiger charge is -2.33. The second-order valence-electron chi connectivity index (χ2n) is 6.30.